The second-order valence-corrected chi connectivity index (χ2v) is 4.26. The molecule has 1 N–H and O–H groups in total. The molecule has 18 heavy (non-hydrogen) atoms. The molecule has 0 aliphatic heterocycles. The van der Waals surface area contributed by atoms with Crippen molar-refractivity contribution in [2.24, 2.45) is 0 Å². The highest BCUT2D eigenvalue weighted by molar-refractivity contribution is 7.99. The van der Waals surface area contributed by atoms with E-state index in [9.17, 15) is 4.79 Å². The summed E-state index contributed by atoms with van der Waals surface area (Å²) in [6.07, 6.45) is 1.64. The van der Waals surface area contributed by atoms with Crippen LogP contribution in [0.25, 0.3) is 0 Å². The van der Waals surface area contributed by atoms with Gasteiger partial charge in [0, 0.05) is 6.20 Å². The van der Waals surface area contributed by atoms with E-state index in [0.29, 0.717) is 22.5 Å². The van der Waals surface area contributed by atoms with E-state index in [1.807, 2.05) is 6.92 Å². The van der Waals surface area contributed by atoms with Gasteiger partial charge in [-0.3, -0.25) is 0 Å². The molecule has 0 unspecified atom stereocenters. The van der Waals surface area contributed by atoms with Crippen molar-refractivity contribution in [3.8, 4) is 5.75 Å². The third kappa shape index (κ3) is 2.84. The van der Waals surface area contributed by atoms with E-state index >= 15 is 0 Å². The smallest absolute Gasteiger partial charge is 0.371 e. The Balaban J connectivity index is 2.19. The number of nitrogens with zero attached hydrogens (tertiary/aromatic N) is 1. The van der Waals surface area contributed by atoms with Crippen LogP contribution < -0.4 is 4.74 Å². The summed E-state index contributed by atoms with van der Waals surface area (Å²) in [5, 5.41) is 9.87. The van der Waals surface area contributed by atoms with Gasteiger partial charge in [-0.1, -0.05) is 0 Å². The maximum Gasteiger partial charge on any atom is 0.371 e. The van der Waals surface area contributed by atoms with Gasteiger partial charge in [0.25, 0.3) is 0 Å². The van der Waals surface area contributed by atoms with Gasteiger partial charge in [-0.25, -0.2) is 9.78 Å². The van der Waals surface area contributed by atoms with Gasteiger partial charge < -0.3 is 14.3 Å². The number of furan rings is 1. The molecule has 2 rings (SSSR count). The van der Waals surface area contributed by atoms with Crippen LogP contribution in [0.3, 0.4) is 0 Å². The van der Waals surface area contributed by atoms with E-state index in [1.54, 1.807) is 24.4 Å². The van der Waals surface area contributed by atoms with Crippen molar-refractivity contribution in [2.45, 2.75) is 17.0 Å². The van der Waals surface area contributed by atoms with E-state index in [2.05, 4.69) is 4.98 Å². The van der Waals surface area contributed by atoms with Gasteiger partial charge in [0.2, 0.25) is 5.76 Å². The zero-order valence-electron chi connectivity index (χ0n) is 9.62. The Hall–Kier alpha value is -1.95. The Morgan fingerprint density at radius 3 is 3.00 bits per heavy atom. The molecule has 6 heteroatoms. The van der Waals surface area contributed by atoms with E-state index < -0.39 is 5.97 Å². The lowest BCUT2D eigenvalue weighted by atomic mass is 10.5. The Morgan fingerprint density at radius 1 is 1.50 bits per heavy atom. The molecule has 0 aromatic carbocycles. The average Bonchev–Trinajstić information content (AvgIpc) is 2.81. The van der Waals surface area contributed by atoms with Gasteiger partial charge in [-0.2, -0.15) is 0 Å². The Morgan fingerprint density at radius 2 is 2.33 bits per heavy atom. The lowest BCUT2D eigenvalue weighted by molar-refractivity contribution is 0.0656. The fourth-order valence-corrected chi connectivity index (χ4v) is 2.10. The predicted molar refractivity (Wildman–Crippen MR) is 65.2 cm³/mol. The maximum atomic E-state index is 10.7. The molecule has 0 amide bonds. The van der Waals surface area contributed by atoms with Crippen LogP contribution in [0.4, 0.5) is 0 Å². The molecule has 94 valence electrons. The summed E-state index contributed by atoms with van der Waals surface area (Å²) in [5.74, 6) is -0.530. The quantitative estimate of drug-likeness (QED) is 0.896. The second kappa shape index (κ2) is 5.59. The van der Waals surface area contributed by atoms with Crippen molar-refractivity contribution in [3.05, 3.63) is 36.2 Å². The first kappa shape index (κ1) is 12.5. The van der Waals surface area contributed by atoms with Gasteiger partial charge in [-0.05, 0) is 43.0 Å². The highest BCUT2D eigenvalue weighted by Crippen LogP contribution is 2.33. The van der Waals surface area contributed by atoms with Crippen LogP contribution in [0.15, 0.2) is 45.0 Å². The van der Waals surface area contributed by atoms with Crippen molar-refractivity contribution < 1.29 is 19.1 Å². The summed E-state index contributed by atoms with van der Waals surface area (Å²) in [5.41, 5.74) is 0. The van der Waals surface area contributed by atoms with Gasteiger partial charge in [0.05, 0.1) is 6.61 Å². The minimum Gasteiger partial charge on any atom is -0.491 e. The van der Waals surface area contributed by atoms with Crippen LogP contribution in [0, 0.1) is 0 Å². The summed E-state index contributed by atoms with van der Waals surface area (Å²) in [6, 6.07) is 6.59. The Labute approximate surface area is 108 Å². The van der Waals surface area contributed by atoms with E-state index in [0.717, 1.165) is 0 Å². The number of aromatic carboxylic acids is 1. The SMILES string of the molecule is CCOc1cccnc1Sc1ccc(C(=O)O)o1. The van der Waals surface area contributed by atoms with E-state index in [4.69, 9.17) is 14.3 Å². The van der Waals surface area contributed by atoms with Crippen LogP contribution in [-0.4, -0.2) is 22.7 Å². The number of ether oxygens (including phenoxy) is 1. The summed E-state index contributed by atoms with van der Waals surface area (Å²) in [4.78, 5) is 14.9. The number of hydrogen-bond donors (Lipinski definition) is 1. The van der Waals surface area contributed by atoms with Crippen molar-refractivity contribution in [3.63, 3.8) is 0 Å². The first-order valence-electron chi connectivity index (χ1n) is 5.29. The molecule has 0 bridgehead atoms. The van der Waals surface area contributed by atoms with Crippen molar-refractivity contribution in [1.29, 1.82) is 0 Å². The summed E-state index contributed by atoms with van der Waals surface area (Å²) < 4.78 is 10.6. The molecule has 0 atom stereocenters. The summed E-state index contributed by atoms with van der Waals surface area (Å²) >= 11 is 1.23. The number of pyridine rings is 1. The molecule has 2 heterocycles. The summed E-state index contributed by atoms with van der Waals surface area (Å²) in [7, 11) is 0. The van der Waals surface area contributed by atoms with Crippen molar-refractivity contribution in [1.82, 2.24) is 4.98 Å². The molecule has 0 aliphatic rings. The van der Waals surface area contributed by atoms with Gasteiger partial charge >= 0.3 is 5.97 Å². The molecule has 0 aliphatic carbocycles. The minimum atomic E-state index is -1.09. The third-order valence-electron chi connectivity index (χ3n) is 2.03. The van der Waals surface area contributed by atoms with Crippen molar-refractivity contribution in [2.75, 3.05) is 6.61 Å². The highest BCUT2D eigenvalue weighted by Gasteiger charge is 2.12. The monoisotopic (exact) mass is 265 g/mol. The fraction of sp³-hybridized carbons (Fsp3) is 0.167. The normalized spacial score (nSPS) is 10.3. The van der Waals surface area contributed by atoms with E-state index in [1.165, 1.54) is 17.8 Å². The van der Waals surface area contributed by atoms with Crippen LogP contribution in [0.1, 0.15) is 17.5 Å². The molecule has 2 aromatic rings. The lowest BCUT2D eigenvalue weighted by Gasteiger charge is -2.06. The van der Waals surface area contributed by atoms with Gasteiger partial charge in [0.15, 0.2) is 10.8 Å². The van der Waals surface area contributed by atoms with Crippen LogP contribution in [0.5, 0.6) is 5.75 Å². The lowest BCUT2D eigenvalue weighted by Crippen LogP contribution is -1.94. The van der Waals surface area contributed by atoms with Crippen LogP contribution >= 0.6 is 11.8 Å². The van der Waals surface area contributed by atoms with E-state index in [-0.39, 0.29) is 5.76 Å². The molecule has 0 saturated heterocycles. The van der Waals surface area contributed by atoms with Crippen LogP contribution in [0.2, 0.25) is 0 Å². The van der Waals surface area contributed by atoms with Gasteiger partial charge in [0.1, 0.15) is 5.03 Å². The number of rotatable bonds is 5. The number of carbonyl (C=O) groups is 1. The standard InChI is InChI=1S/C12H11NO4S/c1-2-16-8-4-3-7-13-11(8)18-10-6-5-9(17-10)12(14)15/h3-7H,2H2,1H3,(H,14,15). The maximum absolute atomic E-state index is 10.7. The molecule has 0 fully saturated rings. The van der Waals surface area contributed by atoms with Crippen molar-refractivity contribution >= 4 is 17.7 Å². The fourth-order valence-electron chi connectivity index (χ4n) is 1.30. The molecule has 0 radical (unpaired) electrons. The average molecular weight is 265 g/mol. The van der Waals surface area contributed by atoms with Gasteiger partial charge in [-0.15, -0.1) is 0 Å². The largest absolute Gasteiger partial charge is 0.491 e. The first-order chi connectivity index (χ1) is 8.70. The summed E-state index contributed by atoms with van der Waals surface area (Å²) in [6.45, 7) is 2.43. The minimum absolute atomic E-state index is 0.0913. The predicted octanol–water partition coefficient (Wildman–Crippen LogP) is 2.92. The topological polar surface area (TPSA) is 72.6 Å². The third-order valence-corrected chi connectivity index (χ3v) is 2.95. The molecular weight excluding hydrogens is 254 g/mol. The Kier molecular flexibility index (Phi) is 3.88. The van der Waals surface area contributed by atoms with Crippen LogP contribution in [-0.2, 0) is 0 Å². The Bertz CT molecular complexity index is 553. The first-order valence-corrected chi connectivity index (χ1v) is 6.11. The number of carboxylic acid groups (broad SMARTS) is 1. The molecule has 2 aromatic heterocycles. The number of aromatic nitrogens is 1. The number of carboxylic acids is 1. The zero-order chi connectivity index (χ0) is 13.0. The second-order valence-electron chi connectivity index (χ2n) is 3.27. The molecular formula is C12H11NO4S. The molecule has 0 saturated carbocycles. The zero-order valence-corrected chi connectivity index (χ0v) is 10.4. The molecule has 5 nitrogen and oxygen atoms in total. The molecule has 0 spiro atoms. The number of hydrogen-bond acceptors (Lipinski definition) is 5. The highest BCUT2D eigenvalue weighted by atomic mass is 32.2.